The van der Waals surface area contributed by atoms with Gasteiger partial charge in [0.15, 0.2) is 0 Å². The fraction of sp³-hybridized carbons (Fsp3) is 0.143. The Morgan fingerprint density at radius 2 is 1.69 bits per heavy atom. The molecule has 1 rings (SSSR count). The Morgan fingerprint density at radius 3 is 2.23 bits per heavy atom. The van der Waals surface area contributed by atoms with Crippen LogP contribution >= 0.6 is 0 Å². The SMILES string of the molecule is FC(F)(F)OBOc1ccccc1. The van der Waals surface area contributed by atoms with Gasteiger partial charge >= 0.3 is 14.0 Å². The van der Waals surface area contributed by atoms with E-state index in [1.54, 1.807) is 30.3 Å². The molecule has 0 fully saturated rings. The Balaban J connectivity index is 2.29. The summed E-state index contributed by atoms with van der Waals surface area (Å²) in [7, 11) is -0.826. The van der Waals surface area contributed by atoms with Crippen LogP contribution in [0.15, 0.2) is 30.3 Å². The zero-order valence-corrected chi connectivity index (χ0v) is 6.54. The Hall–Kier alpha value is -1.17. The summed E-state index contributed by atoms with van der Waals surface area (Å²) < 4.78 is 42.4. The molecule has 70 valence electrons. The Kier molecular flexibility index (Phi) is 3.19. The molecular weight excluding hydrogens is 184 g/mol. The molecule has 0 bridgehead atoms. The molecule has 13 heavy (non-hydrogen) atoms. The number of rotatable bonds is 3. The van der Waals surface area contributed by atoms with Crippen LogP contribution in [0.3, 0.4) is 0 Å². The van der Waals surface area contributed by atoms with E-state index in [4.69, 9.17) is 0 Å². The van der Waals surface area contributed by atoms with Gasteiger partial charge in [-0.25, -0.2) is 0 Å². The molecule has 1 aromatic rings. The van der Waals surface area contributed by atoms with Gasteiger partial charge in [-0.15, -0.1) is 13.2 Å². The summed E-state index contributed by atoms with van der Waals surface area (Å²) in [5.74, 6) is 0.340. The van der Waals surface area contributed by atoms with E-state index in [0.717, 1.165) is 0 Å². The first kappa shape index (κ1) is 9.92. The Labute approximate surface area is 73.6 Å². The minimum absolute atomic E-state index is 0.340. The van der Waals surface area contributed by atoms with Crippen molar-refractivity contribution < 1.29 is 22.5 Å². The number of para-hydroxylation sites is 1. The lowest BCUT2D eigenvalue weighted by Gasteiger charge is -2.07. The zero-order valence-electron chi connectivity index (χ0n) is 6.54. The average Bonchev–Trinajstić information content (AvgIpc) is 2.04. The third-order valence-corrected chi connectivity index (χ3v) is 1.19. The van der Waals surface area contributed by atoms with Crippen LogP contribution in [0.4, 0.5) is 13.2 Å². The predicted octanol–water partition coefficient (Wildman–Crippen LogP) is 1.87. The fourth-order valence-corrected chi connectivity index (χ4v) is 0.681. The fourth-order valence-electron chi connectivity index (χ4n) is 0.681. The lowest BCUT2D eigenvalue weighted by molar-refractivity contribution is -0.279. The smallest absolute Gasteiger partial charge is 0.513 e. The molecule has 0 unspecified atom stereocenters. The number of halogens is 3. The Bertz CT molecular complexity index is 250. The van der Waals surface area contributed by atoms with Gasteiger partial charge in [0, 0.05) is 0 Å². The van der Waals surface area contributed by atoms with Crippen molar-refractivity contribution in [3.63, 3.8) is 0 Å². The third kappa shape index (κ3) is 4.42. The molecule has 6 heteroatoms. The molecule has 0 heterocycles. The van der Waals surface area contributed by atoms with E-state index in [1.165, 1.54) is 0 Å². The molecule has 0 aliphatic heterocycles. The molecule has 0 amide bonds. The van der Waals surface area contributed by atoms with Crippen molar-refractivity contribution in [3.8, 4) is 5.75 Å². The number of hydrogen-bond acceptors (Lipinski definition) is 2. The molecule has 0 spiro atoms. The second kappa shape index (κ2) is 4.18. The summed E-state index contributed by atoms with van der Waals surface area (Å²) in [5.41, 5.74) is 0. The molecule has 1 aromatic carbocycles. The summed E-state index contributed by atoms with van der Waals surface area (Å²) >= 11 is 0. The summed E-state index contributed by atoms with van der Waals surface area (Å²) in [6.45, 7) is 0. The van der Waals surface area contributed by atoms with Gasteiger partial charge in [0.2, 0.25) is 0 Å². The summed E-state index contributed by atoms with van der Waals surface area (Å²) in [4.78, 5) is 0. The largest absolute Gasteiger partial charge is 0.539 e. The average molecular weight is 190 g/mol. The van der Waals surface area contributed by atoms with E-state index in [2.05, 4.69) is 9.31 Å². The normalized spacial score (nSPS) is 11.0. The van der Waals surface area contributed by atoms with Crippen LogP contribution in [0.1, 0.15) is 0 Å². The molecule has 0 saturated carbocycles. The number of benzene rings is 1. The van der Waals surface area contributed by atoms with Crippen LogP contribution in [-0.2, 0) is 4.65 Å². The van der Waals surface area contributed by atoms with Crippen molar-refractivity contribution in [2.75, 3.05) is 0 Å². The van der Waals surface area contributed by atoms with Gasteiger partial charge in [0.25, 0.3) is 0 Å². The topological polar surface area (TPSA) is 18.5 Å². The van der Waals surface area contributed by atoms with Crippen molar-refractivity contribution in [3.05, 3.63) is 30.3 Å². The van der Waals surface area contributed by atoms with E-state index in [0.29, 0.717) is 5.75 Å². The second-order valence-corrected chi connectivity index (χ2v) is 2.17. The minimum Gasteiger partial charge on any atom is -0.539 e. The highest BCUT2D eigenvalue weighted by atomic mass is 19.4. The predicted molar refractivity (Wildman–Crippen MR) is 41.4 cm³/mol. The summed E-state index contributed by atoms with van der Waals surface area (Å²) in [6.07, 6.45) is -4.64. The van der Waals surface area contributed by atoms with Crippen molar-refractivity contribution in [2.24, 2.45) is 0 Å². The second-order valence-electron chi connectivity index (χ2n) is 2.17. The minimum atomic E-state index is -4.64. The molecule has 0 aromatic heterocycles. The molecule has 0 aliphatic rings. The highest BCUT2D eigenvalue weighted by Gasteiger charge is 2.29. The van der Waals surface area contributed by atoms with Gasteiger partial charge in [-0.05, 0) is 12.1 Å². The highest BCUT2D eigenvalue weighted by Crippen LogP contribution is 2.16. The molecule has 0 N–H and O–H groups in total. The van der Waals surface area contributed by atoms with E-state index in [1.807, 2.05) is 0 Å². The standard InChI is InChI=1S/C7H6BF3O2/c9-7(10,11)13-8-12-6-4-2-1-3-5-6/h1-5,8H. The quantitative estimate of drug-likeness (QED) is 0.677. The third-order valence-electron chi connectivity index (χ3n) is 1.19. The molecule has 2 nitrogen and oxygen atoms in total. The number of hydrogen-bond donors (Lipinski definition) is 0. The zero-order chi connectivity index (χ0) is 9.73. The van der Waals surface area contributed by atoms with Gasteiger partial charge in [-0.2, -0.15) is 0 Å². The van der Waals surface area contributed by atoms with E-state index in [9.17, 15) is 13.2 Å². The molecular formula is C7H6BF3O2. The molecule has 0 aliphatic carbocycles. The first-order chi connectivity index (χ1) is 6.08. The Morgan fingerprint density at radius 1 is 1.08 bits per heavy atom. The molecule has 0 radical (unpaired) electrons. The van der Waals surface area contributed by atoms with Gasteiger partial charge < -0.3 is 9.31 Å². The number of alkyl halides is 3. The van der Waals surface area contributed by atoms with Crippen molar-refractivity contribution in [1.82, 2.24) is 0 Å². The maximum absolute atomic E-state index is 11.5. The molecule has 0 atom stereocenters. The highest BCUT2D eigenvalue weighted by molar-refractivity contribution is 6.19. The summed E-state index contributed by atoms with van der Waals surface area (Å²) in [5, 5.41) is 0. The van der Waals surface area contributed by atoms with Crippen LogP contribution in [0.5, 0.6) is 5.75 Å². The summed E-state index contributed by atoms with van der Waals surface area (Å²) in [6, 6.07) is 8.13. The lowest BCUT2D eigenvalue weighted by Crippen LogP contribution is -2.20. The maximum atomic E-state index is 11.5. The van der Waals surface area contributed by atoms with Gasteiger partial charge in [-0.1, -0.05) is 18.2 Å². The van der Waals surface area contributed by atoms with E-state index < -0.39 is 14.0 Å². The van der Waals surface area contributed by atoms with Gasteiger partial charge in [0.05, 0.1) is 0 Å². The van der Waals surface area contributed by atoms with Crippen LogP contribution in [0.2, 0.25) is 0 Å². The first-order valence-electron chi connectivity index (χ1n) is 3.46. The lowest BCUT2D eigenvalue weighted by atomic mass is 10.3. The van der Waals surface area contributed by atoms with Crippen molar-refractivity contribution in [2.45, 2.75) is 6.36 Å². The van der Waals surface area contributed by atoms with Crippen LogP contribution in [0.25, 0.3) is 0 Å². The van der Waals surface area contributed by atoms with E-state index >= 15 is 0 Å². The van der Waals surface area contributed by atoms with Crippen LogP contribution in [-0.4, -0.2) is 14.0 Å². The molecule has 0 saturated heterocycles. The van der Waals surface area contributed by atoms with Gasteiger partial charge in [-0.3, -0.25) is 0 Å². The van der Waals surface area contributed by atoms with Crippen molar-refractivity contribution in [1.29, 1.82) is 0 Å². The van der Waals surface area contributed by atoms with Crippen LogP contribution < -0.4 is 4.65 Å². The first-order valence-corrected chi connectivity index (χ1v) is 3.46. The van der Waals surface area contributed by atoms with E-state index in [-0.39, 0.29) is 0 Å². The van der Waals surface area contributed by atoms with Crippen LogP contribution in [0, 0.1) is 0 Å². The monoisotopic (exact) mass is 190 g/mol. The van der Waals surface area contributed by atoms with Crippen molar-refractivity contribution >= 4 is 7.69 Å². The van der Waals surface area contributed by atoms with Gasteiger partial charge in [0.1, 0.15) is 5.75 Å². The maximum Gasteiger partial charge on any atom is 0.513 e.